The number of nitrogens with zero attached hydrogens (tertiary/aromatic N) is 3. The Kier molecular flexibility index (Phi) is 7.55. The lowest BCUT2D eigenvalue weighted by Gasteiger charge is -2.25. The molecule has 1 amide bonds. The normalized spacial score (nSPS) is 14.9. The van der Waals surface area contributed by atoms with E-state index in [0.717, 1.165) is 5.56 Å². The number of benzene rings is 2. The first-order valence-corrected chi connectivity index (χ1v) is 14.8. The average molecular weight is 616 g/mol. The van der Waals surface area contributed by atoms with Crippen molar-refractivity contribution in [3.8, 4) is 0 Å². The van der Waals surface area contributed by atoms with Gasteiger partial charge in [0.25, 0.3) is 17.0 Å². The van der Waals surface area contributed by atoms with Crippen LogP contribution in [0, 0.1) is 6.92 Å². The van der Waals surface area contributed by atoms with Gasteiger partial charge in [0, 0.05) is 28.5 Å². The molecule has 1 aliphatic rings. The summed E-state index contributed by atoms with van der Waals surface area (Å²) in [5.74, 6) is 0.0887. The van der Waals surface area contributed by atoms with Crippen molar-refractivity contribution in [2.24, 2.45) is 4.99 Å². The summed E-state index contributed by atoms with van der Waals surface area (Å²) in [5.41, 5.74) is 2.25. The molecule has 0 spiro atoms. The summed E-state index contributed by atoms with van der Waals surface area (Å²) in [7, 11) is 0. The van der Waals surface area contributed by atoms with Crippen LogP contribution < -0.4 is 25.8 Å². The van der Waals surface area contributed by atoms with E-state index in [9.17, 15) is 14.4 Å². The van der Waals surface area contributed by atoms with Gasteiger partial charge in [0.1, 0.15) is 5.76 Å². The number of carbonyl (C=O) groups is 1. The van der Waals surface area contributed by atoms with Gasteiger partial charge in [-0.2, -0.15) is 0 Å². The van der Waals surface area contributed by atoms with Crippen molar-refractivity contribution in [2.45, 2.75) is 30.1 Å². The van der Waals surface area contributed by atoms with E-state index in [1.807, 2.05) is 18.2 Å². The van der Waals surface area contributed by atoms with Crippen LogP contribution in [0.15, 0.2) is 113 Å². The third kappa shape index (κ3) is 5.67. The molecule has 1 aliphatic heterocycles. The van der Waals surface area contributed by atoms with Crippen molar-refractivity contribution >= 4 is 52.4 Å². The molecule has 3 aromatic heterocycles. The lowest BCUT2D eigenvalue weighted by molar-refractivity contribution is -0.113. The summed E-state index contributed by atoms with van der Waals surface area (Å²) in [6.07, 6.45) is 1.64. The Morgan fingerprint density at radius 2 is 1.86 bits per heavy atom. The number of H-pyrrole nitrogens is 1. The Hall–Kier alpha value is -4.45. The second-order valence-corrected chi connectivity index (χ2v) is 11.8. The number of allylic oxidation sites excluding steroid dienone is 1. The number of fused-ring (bicyclic) bond motifs is 1. The molecule has 2 N–H and O–H groups in total. The zero-order valence-corrected chi connectivity index (χ0v) is 24.6. The van der Waals surface area contributed by atoms with E-state index in [0.29, 0.717) is 53.0 Å². The third-order valence-electron chi connectivity index (χ3n) is 6.40. The first-order valence-electron chi connectivity index (χ1n) is 12.8. The fourth-order valence-corrected chi connectivity index (χ4v) is 6.54. The summed E-state index contributed by atoms with van der Waals surface area (Å²) in [4.78, 5) is 51.4. The van der Waals surface area contributed by atoms with Crippen LogP contribution in [0.3, 0.4) is 0 Å². The predicted octanol–water partition coefficient (Wildman–Crippen LogP) is 4.66. The zero-order chi connectivity index (χ0) is 29.4. The number of hydrogen-bond donors (Lipinski definition) is 2. The summed E-state index contributed by atoms with van der Waals surface area (Å²) in [6, 6.07) is 20.3. The maximum absolute atomic E-state index is 13.9. The number of aromatic amines is 1. The highest BCUT2D eigenvalue weighted by molar-refractivity contribution is 7.99. The van der Waals surface area contributed by atoms with Gasteiger partial charge in [0.2, 0.25) is 0 Å². The number of aromatic nitrogens is 3. The largest absolute Gasteiger partial charge is 0.450 e. The van der Waals surface area contributed by atoms with Gasteiger partial charge in [0.15, 0.2) is 15.1 Å². The molecule has 0 fully saturated rings. The van der Waals surface area contributed by atoms with Gasteiger partial charge in [-0.25, -0.2) is 9.98 Å². The van der Waals surface area contributed by atoms with Crippen LogP contribution in [-0.4, -0.2) is 20.4 Å². The van der Waals surface area contributed by atoms with Crippen LogP contribution in [0.4, 0.5) is 5.69 Å². The standard InChI is InChI=1S/C30H22ClN5O4S2/c1-16-14-23(37)35-29(32-16)42-24-13-12-21(40-24)15-22-28(39)36-26(18-8-10-19(31)11-9-18)25(17(2)33-30(36)41-22)27(38)34-20-6-4-3-5-7-20/h3-15,26H,1-2H3,(H,34,38)(H,32,35,37)/b22-15+/t26-/m1/s1. The second-order valence-electron chi connectivity index (χ2n) is 9.40. The number of aryl methyl sites for hydroxylation is 1. The SMILES string of the molecule is CC1=C(C(=O)Nc2ccccc2)[C@@H](c2ccc(Cl)cc2)n2c(s/c(=C/c3ccc(Sc4nc(C)cc(=O)[nH]4)o3)c2=O)=N1. The number of furan rings is 1. The van der Waals surface area contributed by atoms with Crippen LogP contribution in [0.5, 0.6) is 0 Å². The number of halogens is 1. The fraction of sp³-hybridized carbons (Fsp3) is 0.100. The van der Waals surface area contributed by atoms with Gasteiger partial charge in [-0.05, 0) is 67.6 Å². The molecule has 0 bridgehead atoms. The maximum Gasteiger partial charge on any atom is 0.271 e. The van der Waals surface area contributed by atoms with E-state index in [1.165, 1.54) is 33.7 Å². The van der Waals surface area contributed by atoms with Gasteiger partial charge in [0.05, 0.1) is 21.8 Å². The van der Waals surface area contributed by atoms with Crippen LogP contribution in [0.1, 0.15) is 30.0 Å². The number of rotatable bonds is 6. The molecule has 5 aromatic rings. The van der Waals surface area contributed by atoms with Crippen LogP contribution >= 0.6 is 34.7 Å². The van der Waals surface area contributed by atoms with Gasteiger partial charge < -0.3 is 14.7 Å². The van der Waals surface area contributed by atoms with Crippen molar-refractivity contribution in [3.63, 3.8) is 0 Å². The fourth-order valence-electron chi connectivity index (χ4n) is 4.58. The molecule has 210 valence electrons. The highest BCUT2D eigenvalue weighted by Gasteiger charge is 2.32. The minimum atomic E-state index is -0.726. The van der Waals surface area contributed by atoms with Crippen LogP contribution in [-0.2, 0) is 4.79 Å². The van der Waals surface area contributed by atoms with Gasteiger partial charge in [-0.1, -0.05) is 53.3 Å². The Morgan fingerprint density at radius 1 is 1.10 bits per heavy atom. The number of anilines is 1. The Morgan fingerprint density at radius 3 is 2.60 bits per heavy atom. The lowest BCUT2D eigenvalue weighted by atomic mass is 9.95. The molecule has 2 aromatic carbocycles. The second kappa shape index (κ2) is 11.4. The lowest BCUT2D eigenvalue weighted by Crippen LogP contribution is -2.40. The minimum absolute atomic E-state index is 0.250. The van der Waals surface area contributed by atoms with Gasteiger partial charge in [-0.15, -0.1) is 0 Å². The van der Waals surface area contributed by atoms with E-state index in [4.69, 9.17) is 16.0 Å². The number of hydrogen-bond acceptors (Lipinski definition) is 8. The number of amides is 1. The van der Waals surface area contributed by atoms with Crippen molar-refractivity contribution in [1.82, 2.24) is 14.5 Å². The van der Waals surface area contributed by atoms with E-state index in [1.54, 1.807) is 68.5 Å². The summed E-state index contributed by atoms with van der Waals surface area (Å²) < 4.78 is 7.84. The molecular weight excluding hydrogens is 594 g/mol. The average Bonchev–Trinajstić information content (AvgIpc) is 3.51. The first kappa shape index (κ1) is 27.7. The Balaban J connectivity index is 1.40. The first-order chi connectivity index (χ1) is 20.2. The topological polar surface area (TPSA) is 122 Å². The molecule has 0 aliphatic carbocycles. The quantitative estimate of drug-likeness (QED) is 0.268. The zero-order valence-electron chi connectivity index (χ0n) is 22.3. The smallest absolute Gasteiger partial charge is 0.271 e. The van der Waals surface area contributed by atoms with Gasteiger partial charge >= 0.3 is 0 Å². The van der Waals surface area contributed by atoms with E-state index in [2.05, 4.69) is 20.3 Å². The third-order valence-corrected chi connectivity index (χ3v) is 8.45. The molecule has 1 atom stereocenters. The van der Waals surface area contributed by atoms with Crippen LogP contribution in [0.2, 0.25) is 5.02 Å². The molecule has 42 heavy (non-hydrogen) atoms. The highest BCUT2D eigenvalue weighted by Crippen LogP contribution is 2.31. The van der Waals surface area contributed by atoms with Crippen molar-refractivity contribution in [3.05, 3.63) is 136 Å². The molecule has 6 rings (SSSR count). The predicted molar refractivity (Wildman–Crippen MR) is 163 cm³/mol. The molecule has 0 radical (unpaired) electrons. The summed E-state index contributed by atoms with van der Waals surface area (Å²) >= 11 is 8.54. The Bertz CT molecular complexity index is 2090. The molecule has 12 heteroatoms. The van der Waals surface area contributed by atoms with Crippen molar-refractivity contribution in [1.29, 1.82) is 0 Å². The van der Waals surface area contributed by atoms with Crippen LogP contribution in [0.25, 0.3) is 6.08 Å². The van der Waals surface area contributed by atoms with Crippen molar-refractivity contribution < 1.29 is 9.21 Å². The summed E-state index contributed by atoms with van der Waals surface area (Å²) in [5, 5.41) is 4.37. The molecule has 0 unspecified atom stereocenters. The minimum Gasteiger partial charge on any atom is -0.450 e. The number of carbonyl (C=O) groups excluding carboxylic acids is 1. The maximum atomic E-state index is 13.9. The molecule has 4 heterocycles. The molecular formula is C30H22ClN5O4S2. The van der Waals surface area contributed by atoms with E-state index >= 15 is 0 Å². The molecule has 0 saturated carbocycles. The van der Waals surface area contributed by atoms with E-state index in [-0.39, 0.29) is 17.0 Å². The van der Waals surface area contributed by atoms with Crippen molar-refractivity contribution in [2.75, 3.05) is 5.32 Å². The Labute approximate surface area is 251 Å². The van der Waals surface area contributed by atoms with E-state index < -0.39 is 6.04 Å². The molecule has 0 saturated heterocycles. The monoisotopic (exact) mass is 615 g/mol. The van der Waals surface area contributed by atoms with Gasteiger partial charge in [-0.3, -0.25) is 19.0 Å². The summed E-state index contributed by atoms with van der Waals surface area (Å²) in [6.45, 7) is 3.50. The highest BCUT2D eigenvalue weighted by atomic mass is 35.5. The number of thiazole rings is 1. The number of para-hydroxylation sites is 1. The molecule has 9 nitrogen and oxygen atoms in total. The number of nitrogens with one attached hydrogen (secondary N) is 2.